The number of hydrogen-bond donors (Lipinski definition) is 0. The summed E-state index contributed by atoms with van der Waals surface area (Å²) in [5, 5.41) is 3.10. The maximum atomic E-state index is 11.6. The second-order valence-electron chi connectivity index (χ2n) is 4.76. The lowest BCUT2D eigenvalue weighted by Gasteiger charge is -2.35. The van der Waals surface area contributed by atoms with Crippen LogP contribution in [-0.4, -0.2) is 55.2 Å². The molecular weight excluding hydrogens is 262 g/mol. The Bertz CT molecular complexity index is 389. The number of esters is 1. The second-order valence-corrected chi connectivity index (χ2v) is 5.63. The zero-order chi connectivity index (χ0) is 13.7. The van der Waals surface area contributed by atoms with Crippen molar-refractivity contribution in [3.8, 4) is 0 Å². The van der Waals surface area contributed by atoms with E-state index in [9.17, 15) is 4.79 Å². The van der Waals surface area contributed by atoms with Crippen molar-refractivity contribution in [3.63, 3.8) is 0 Å². The molecule has 1 aromatic rings. The molecule has 1 fully saturated rings. The molecule has 5 nitrogen and oxygen atoms in total. The van der Waals surface area contributed by atoms with E-state index in [-0.39, 0.29) is 11.9 Å². The van der Waals surface area contributed by atoms with E-state index in [1.807, 2.05) is 25.4 Å². The fraction of sp³-hybridized carbons (Fsp3) is 0.692. The van der Waals surface area contributed by atoms with Crippen molar-refractivity contribution in [1.82, 2.24) is 9.88 Å². The lowest BCUT2D eigenvalue weighted by Crippen LogP contribution is -2.48. The van der Waals surface area contributed by atoms with Crippen molar-refractivity contribution in [3.05, 3.63) is 11.6 Å². The summed E-state index contributed by atoms with van der Waals surface area (Å²) >= 11 is 1.68. The topological polar surface area (TPSA) is 45.7 Å². The normalized spacial score (nSPS) is 18.3. The molecule has 1 aliphatic rings. The summed E-state index contributed by atoms with van der Waals surface area (Å²) in [6.45, 7) is 8.92. The highest BCUT2D eigenvalue weighted by Gasteiger charge is 2.22. The molecule has 0 saturated carbocycles. The first kappa shape index (κ1) is 14.3. The van der Waals surface area contributed by atoms with Gasteiger partial charge in [0, 0.05) is 44.3 Å². The molecule has 1 aliphatic heterocycles. The van der Waals surface area contributed by atoms with Gasteiger partial charge in [-0.3, -0.25) is 9.69 Å². The Hall–Kier alpha value is -1.14. The maximum Gasteiger partial charge on any atom is 0.309 e. The van der Waals surface area contributed by atoms with E-state index in [1.54, 1.807) is 11.3 Å². The van der Waals surface area contributed by atoms with Crippen LogP contribution in [0.25, 0.3) is 0 Å². The van der Waals surface area contributed by atoms with E-state index in [1.165, 1.54) is 0 Å². The number of piperazine rings is 1. The fourth-order valence-electron chi connectivity index (χ4n) is 2.24. The molecule has 19 heavy (non-hydrogen) atoms. The third kappa shape index (κ3) is 3.91. The van der Waals surface area contributed by atoms with Gasteiger partial charge in [-0.05, 0) is 6.92 Å². The van der Waals surface area contributed by atoms with Crippen molar-refractivity contribution in [2.45, 2.75) is 13.8 Å². The van der Waals surface area contributed by atoms with E-state index >= 15 is 0 Å². The fourth-order valence-corrected chi connectivity index (χ4v) is 2.94. The summed E-state index contributed by atoms with van der Waals surface area (Å²) in [6, 6.07) is 0. The van der Waals surface area contributed by atoms with Crippen LogP contribution in [0.3, 0.4) is 0 Å². The lowest BCUT2D eigenvalue weighted by atomic mass is 10.1. The van der Waals surface area contributed by atoms with Crippen molar-refractivity contribution < 1.29 is 9.53 Å². The molecule has 0 radical (unpaired) electrons. The number of nitrogens with zero attached hydrogens (tertiary/aromatic N) is 3. The summed E-state index contributed by atoms with van der Waals surface area (Å²) < 4.78 is 5.04. The molecule has 0 bridgehead atoms. The van der Waals surface area contributed by atoms with Crippen LogP contribution in [0.1, 0.15) is 13.8 Å². The van der Waals surface area contributed by atoms with Gasteiger partial charge in [0.15, 0.2) is 5.13 Å². The number of ether oxygens (including phenoxy) is 1. The Morgan fingerprint density at radius 3 is 2.79 bits per heavy atom. The molecule has 2 heterocycles. The zero-order valence-corrected chi connectivity index (χ0v) is 12.4. The van der Waals surface area contributed by atoms with Crippen LogP contribution >= 0.6 is 11.3 Å². The Morgan fingerprint density at radius 1 is 1.47 bits per heavy atom. The Balaban J connectivity index is 1.76. The van der Waals surface area contributed by atoms with Crippen molar-refractivity contribution in [2.24, 2.45) is 5.92 Å². The number of carbonyl (C=O) groups is 1. The number of carbonyl (C=O) groups excluding carboxylic acids is 1. The van der Waals surface area contributed by atoms with Gasteiger partial charge in [0.05, 0.1) is 12.5 Å². The van der Waals surface area contributed by atoms with Gasteiger partial charge in [0.2, 0.25) is 0 Å². The highest BCUT2D eigenvalue weighted by molar-refractivity contribution is 7.13. The molecule has 1 saturated heterocycles. The van der Waals surface area contributed by atoms with Crippen LogP contribution in [0.4, 0.5) is 5.13 Å². The maximum absolute atomic E-state index is 11.6. The van der Waals surface area contributed by atoms with E-state index in [4.69, 9.17) is 4.74 Å². The lowest BCUT2D eigenvalue weighted by molar-refractivity contribution is -0.148. The number of hydrogen-bond acceptors (Lipinski definition) is 6. The van der Waals surface area contributed by atoms with Gasteiger partial charge in [-0.1, -0.05) is 6.92 Å². The van der Waals surface area contributed by atoms with Crippen LogP contribution in [0.15, 0.2) is 11.6 Å². The van der Waals surface area contributed by atoms with Crippen LogP contribution in [0.2, 0.25) is 0 Å². The van der Waals surface area contributed by atoms with E-state index < -0.39 is 0 Å². The summed E-state index contributed by atoms with van der Waals surface area (Å²) in [6.07, 6.45) is 1.84. The molecule has 106 valence electrons. The van der Waals surface area contributed by atoms with Gasteiger partial charge in [-0.25, -0.2) is 4.98 Å². The van der Waals surface area contributed by atoms with Gasteiger partial charge in [-0.15, -0.1) is 11.3 Å². The monoisotopic (exact) mass is 283 g/mol. The zero-order valence-electron chi connectivity index (χ0n) is 11.5. The molecule has 6 heteroatoms. The van der Waals surface area contributed by atoms with Gasteiger partial charge in [0.1, 0.15) is 0 Å². The van der Waals surface area contributed by atoms with Gasteiger partial charge < -0.3 is 9.64 Å². The molecule has 1 atom stereocenters. The Kier molecular flexibility index (Phi) is 5.15. The highest BCUT2D eigenvalue weighted by Crippen LogP contribution is 2.19. The largest absolute Gasteiger partial charge is 0.466 e. The molecule has 0 amide bonds. The van der Waals surface area contributed by atoms with E-state index in [0.717, 1.165) is 37.9 Å². The molecule has 2 rings (SSSR count). The SMILES string of the molecule is CCOC(=O)C(C)CN1CCN(c2nccs2)CC1. The molecule has 0 aromatic carbocycles. The first-order valence-electron chi connectivity index (χ1n) is 6.74. The summed E-state index contributed by atoms with van der Waals surface area (Å²) in [5.74, 6) is -0.142. The van der Waals surface area contributed by atoms with Crippen molar-refractivity contribution in [1.29, 1.82) is 0 Å². The molecule has 1 aromatic heterocycles. The van der Waals surface area contributed by atoms with E-state index in [0.29, 0.717) is 6.61 Å². The van der Waals surface area contributed by atoms with E-state index in [2.05, 4.69) is 14.8 Å². The van der Waals surface area contributed by atoms with Crippen LogP contribution in [0, 0.1) is 5.92 Å². The first-order chi connectivity index (χ1) is 9.20. The minimum Gasteiger partial charge on any atom is -0.466 e. The van der Waals surface area contributed by atoms with Crippen LogP contribution in [-0.2, 0) is 9.53 Å². The number of aromatic nitrogens is 1. The Labute approximate surface area is 118 Å². The van der Waals surface area contributed by atoms with Gasteiger partial charge in [0.25, 0.3) is 0 Å². The van der Waals surface area contributed by atoms with Crippen LogP contribution in [0.5, 0.6) is 0 Å². The quantitative estimate of drug-likeness (QED) is 0.766. The summed E-state index contributed by atoms with van der Waals surface area (Å²) in [4.78, 5) is 20.6. The van der Waals surface area contributed by atoms with Gasteiger partial charge >= 0.3 is 5.97 Å². The minimum atomic E-state index is -0.0927. The average Bonchev–Trinajstić information content (AvgIpc) is 2.94. The average molecular weight is 283 g/mol. The highest BCUT2D eigenvalue weighted by atomic mass is 32.1. The Morgan fingerprint density at radius 2 is 2.21 bits per heavy atom. The standard InChI is InChI=1S/C13H21N3O2S/c1-3-18-12(17)11(2)10-15-5-7-16(8-6-15)13-14-4-9-19-13/h4,9,11H,3,5-8,10H2,1-2H3. The van der Waals surface area contributed by atoms with Crippen molar-refractivity contribution >= 4 is 22.4 Å². The molecule has 0 aliphatic carbocycles. The summed E-state index contributed by atoms with van der Waals surface area (Å²) in [5.41, 5.74) is 0. The molecule has 1 unspecified atom stereocenters. The van der Waals surface area contributed by atoms with Crippen molar-refractivity contribution in [2.75, 3.05) is 44.2 Å². The third-order valence-electron chi connectivity index (χ3n) is 3.28. The van der Waals surface area contributed by atoms with Crippen LogP contribution < -0.4 is 4.90 Å². The first-order valence-corrected chi connectivity index (χ1v) is 7.62. The predicted molar refractivity (Wildman–Crippen MR) is 76.6 cm³/mol. The number of anilines is 1. The number of rotatable bonds is 5. The summed E-state index contributed by atoms with van der Waals surface area (Å²) in [7, 11) is 0. The molecule has 0 N–H and O–H groups in total. The second kappa shape index (κ2) is 6.86. The predicted octanol–water partition coefficient (Wildman–Crippen LogP) is 1.46. The molecule has 0 spiro atoms. The third-order valence-corrected chi connectivity index (χ3v) is 4.12. The molecular formula is C13H21N3O2S. The smallest absolute Gasteiger partial charge is 0.309 e. The number of thiazole rings is 1. The minimum absolute atomic E-state index is 0.0497. The van der Waals surface area contributed by atoms with Gasteiger partial charge in [-0.2, -0.15) is 0 Å².